The van der Waals surface area contributed by atoms with Crippen molar-refractivity contribution < 1.29 is 9.13 Å². The Labute approximate surface area is 157 Å². The third-order valence-electron chi connectivity index (χ3n) is 4.66. The van der Waals surface area contributed by atoms with Crippen LogP contribution < -0.4 is 10.5 Å². The molecule has 0 amide bonds. The Morgan fingerprint density at radius 3 is 2.56 bits per heavy atom. The molecule has 0 aliphatic carbocycles. The first kappa shape index (κ1) is 17.1. The Balaban J connectivity index is 1.69. The number of fused-ring (bicyclic) bond motifs is 1. The van der Waals surface area contributed by atoms with E-state index < -0.39 is 0 Å². The average molecular weight is 361 g/mol. The smallest absolute Gasteiger partial charge is 0.128 e. The number of nitrogens with zero attached hydrogens (tertiary/aromatic N) is 2. The highest BCUT2D eigenvalue weighted by atomic mass is 19.1. The summed E-state index contributed by atoms with van der Waals surface area (Å²) in [6, 6.07) is 20.7. The maximum absolute atomic E-state index is 14.2. The van der Waals surface area contributed by atoms with Crippen LogP contribution in [0.15, 0.2) is 66.7 Å². The minimum Gasteiger partial charge on any atom is -0.497 e. The molecule has 27 heavy (non-hydrogen) atoms. The van der Waals surface area contributed by atoms with Crippen molar-refractivity contribution in [3.05, 3.63) is 89.4 Å². The molecule has 0 aliphatic rings. The zero-order valence-corrected chi connectivity index (χ0v) is 15.0. The van der Waals surface area contributed by atoms with E-state index in [-0.39, 0.29) is 5.82 Å². The van der Waals surface area contributed by atoms with Gasteiger partial charge in [-0.1, -0.05) is 36.4 Å². The van der Waals surface area contributed by atoms with E-state index in [0.29, 0.717) is 24.2 Å². The molecule has 136 valence electrons. The second-order valence-corrected chi connectivity index (χ2v) is 6.50. The number of para-hydroxylation sites is 1. The van der Waals surface area contributed by atoms with Gasteiger partial charge in [-0.15, -0.1) is 0 Å². The number of hydrogen-bond donors (Lipinski definition) is 1. The van der Waals surface area contributed by atoms with E-state index in [1.54, 1.807) is 19.2 Å². The van der Waals surface area contributed by atoms with Gasteiger partial charge in [-0.05, 0) is 41.5 Å². The van der Waals surface area contributed by atoms with E-state index in [4.69, 9.17) is 15.6 Å². The lowest BCUT2D eigenvalue weighted by molar-refractivity contribution is 0.414. The van der Waals surface area contributed by atoms with Crippen molar-refractivity contribution in [1.82, 2.24) is 9.78 Å². The minimum absolute atomic E-state index is 0.302. The SMILES string of the molecule is COc1ccc(Cn2nc(Cc3ccc(N)cc3F)c3ccccc32)cc1. The molecular weight excluding hydrogens is 341 g/mol. The molecule has 4 nitrogen and oxygen atoms in total. The van der Waals surface area contributed by atoms with Gasteiger partial charge < -0.3 is 10.5 Å². The summed E-state index contributed by atoms with van der Waals surface area (Å²) < 4.78 is 21.4. The maximum atomic E-state index is 14.2. The van der Waals surface area contributed by atoms with E-state index in [0.717, 1.165) is 27.9 Å². The van der Waals surface area contributed by atoms with Crippen LogP contribution in [0.2, 0.25) is 0 Å². The predicted octanol–water partition coefficient (Wildman–Crippen LogP) is 4.41. The average Bonchev–Trinajstić information content (AvgIpc) is 3.02. The van der Waals surface area contributed by atoms with Crippen LogP contribution in [0, 0.1) is 5.82 Å². The van der Waals surface area contributed by atoms with E-state index >= 15 is 0 Å². The fourth-order valence-corrected chi connectivity index (χ4v) is 3.24. The molecule has 0 unspecified atom stereocenters. The summed E-state index contributed by atoms with van der Waals surface area (Å²) in [4.78, 5) is 0. The first-order valence-electron chi connectivity index (χ1n) is 8.75. The Kier molecular flexibility index (Phi) is 4.50. The second kappa shape index (κ2) is 7.11. The van der Waals surface area contributed by atoms with Gasteiger partial charge in [-0.25, -0.2) is 4.39 Å². The van der Waals surface area contributed by atoms with E-state index in [9.17, 15) is 4.39 Å². The van der Waals surface area contributed by atoms with Gasteiger partial charge in [0.1, 0.15) is 11.6 Å². The van der Waals surface area contributed by atoms with Crippen molar-refractivity contribution in [2.75, 3.05) is 12.8 Å². The summed E-state index contributed by atoms with van der Waals surface area (Å²) in [7, 11) is 1.65. The van der Waals surface area contributed by atoms with Gasteiger partial charge in [-0.2, -0.15) is 5.10 Å². The normalized spacial score (nSPS) is 11.0. The highest BCUT2D eigenvalue weighted by Crippen LogP contribution is 2.24. The van der Waals surface area contributed by atoms with Crippen molar-refractivity contribution in [2.45, 2.75) is 13.0 Å². The van der Waals surface area contributed by atoms with Crippen molar-refractivity contribution >= 4 is 16.6 Å². The number of halogens is 1. The molecule has 0 bridgehead atoms. The van der Waals surface area contributed by atoms with Crippen LogP contribution in [0.4, 0.5) is 10.1 Å². The first-order chi connectivity index (χ1) is 13.1. The zero-order valence-electron chi connectivity index (χ0n) is 15.0. The lowest BCUT2D eigenvalue weighted by Crippen LogP contribution is -2.03. The largest absolute Gasteiger partial charge is 0.497 e. The van der Waals surface area contributed by atoms with Gasteiger partial charge >= 0.3 is 0 Å². The van der Waals surface area contributed by atoms with Gasteiger partial charge in [0.25, 0.3) is 0 Å². The third-order valence-corrected chi connectivity index (χ3v) is 4.66. The number of anilines is 1. The van der Waals surface area contributed by atoms with Gasteiger partial charge in [0.2, 0.25) is 0 Å². The number of benzene rings is 3. The van der Waals surface area contributed by atoms with Gasteiger partial charge in [0, 0.05) is 17.5 Å². The van der Waals surface area contributed by atoms with E-state index in [1.165, 1.54) is 6.07 Å². The molecule has 3 aromatic carbocycles. The number of rotatable bonds is 5. The minimum atomic E-state index is -0.302. The number of nitrogen functional groups attached to an aromatic ring is 1. The molecule has 4 aromatic rings. The monoisotopic (exact) mass is 361 g/mol. The summed E-state index contributed by atoms with van der Waals surface area (Å²) >= 11 is 0. The summed E-state index contributed by atoms with van der Waals surface area (Å²) in [5.41, 5.74) is 9.66. The van der Waals surface area contributed by atoms with Gasteiger partial charge in [-0.3, -0.25) is 4.68 Å². The quantitative estimate of drug-likeness (QED) is 0.536. The van der Waals surface area contributed by atoms with Crippen LogP contribution in [0.3, 0.4) is 0 Å². The summed E-state index contributed by atoms with van der Waals surface area (Å²) in [5, 5.41) is 5.80. The maximum Gasteiger partial charge on any atom is 0.128 e. The highest BCUT2D eigenvalue weighted by Gasteiger charge is 2.13. The number of methoxy groups -OCH3 is 1. The van der Waals surface area contributed by atoms with Crippen LogP contribution in [0.5, 0.6) is 5.75 Å². The molecule has 0 radical (unpaired) electrons. The number of nitrogens with two attached hydrogens (primary N) is 1. The van der Waals surface area contributed by atoms with Crippen LogP contribution in [0.1, 0.15) is 16.8 Å². The van der Waals surface area contributed by atoms with Gasteiger partial charge in [0.05, 0.1) is 24.9 Å². The zero-order chi connectivity index (χ0) is 18.8. The third kappa shape index (κ3) is 3.49. The molecule has 0 atom stereocenters. The molecule has 0 saturated carbocycles. The lowest BCUT2D eigenvalue weighted by atomic mass is 10.1. The van der Waals surface area contributed by atoms with Crippen LogP contribution >= 0.6 is 0 Å². The van der Waals surface area contributed by atoms with E-state index in [2.05, 4.69) is 0 Å². The molecule has 0 aliphatic heterocycles. The van der Waals surface area contributed by atoms with Crippen molar-refractivity contribution in [1.29, 1.82) is 0 Å². The molecule has 0 fully saturated rings. The fraction of sp³-hybridized carbons (Fsp3) is 0.136. The first-order valence-corrected chi connectivity index (χ1v) is 8.75. The van der Waals surface area contributed by atoms with Crippen LogP contribution in [-0.4, -0.2) is 16.9 Å². The number of aromatic nitrogens is 2. The Hall–Kier alpha value is -3.34. The van der Waals surface area contributed by atoms with Gasteiger partial charge in [0.15, 0.2) is 0 Å². The molecule has 1 heterocycles. The standard InChI is InChI=1S/C22H20FN3O/c1-27-18-10-6-15(7-11-18)14-26-22-5-3-2-4-19(22)21(25-26)12-16-8-9-17(24)13-20(16)23/h2-11,13H,12,14,24H2,1H3. The summed E-state index contributed by atoms with van der Waals surface area (Å²) in [6.07, 6.45) is 0.419. The lowest BCUT2D eigenvalue weighted by Gasteiger charge is -2.05. The predicted molar refractivity (Wildman–Crippen MR) is 105 cm³/mol. The Morgan fingerprint density at radius 2 is 1.81 bits per heavy atom. The van der Waals surface area contributed by atoms with Crippen LogP contribution in [-0.2, 0) is 13.0 Å². The number of ether oxygens (including phenoxy) is 1. The van der Waals surface area contributed by atoms with Crippen molar-refractivity contribution in [2.24, 2.45) is 0 Å². The molecule has 1 aromatic heterocycles. The Bertz CT molecular complexity index is 1090. The molecule has 0 saturated heterocycles. The second-order valence-electron chi connectivity index (χ2n) is 6.50. The highest BCUT2D eigenvalue weighted by molar-refractivity contribution is 5.82. The number of hydrogen-bond acceptors (Lipinski definition) is 3. The molecule has 4 rings (SSSR count). The summed E-state index contributed by atoms with van der Waals surface area (Å²) in [6.45, 7) is 0.634. The molecule has 0 spiro atoms. The molecule has 2 N–H and O–H groups in total. The van der Waals surface area contributed by atoms with Crippen LogP contribution in [0.25, 0.3) is 10.9 Å². The Morgan fingerprint density at radius 1 is 1.04 bits per heavy atom. The van der Waals surface area contributed by atoms with E-state index in [1.807, 2.05) is 53.2 Å². The fourth-order valence-electron chi connectivity index (χ4n) is 3.24. The topological polar surface area (TPSA) is 53.1 Å². The molecule has 5 heteroatoms. The molecular formula is C22H20FN3O. The van der Waals surface area contributed by atoms with Crippen molar-refractivity contribution in [3.63, 3.8) is 0 Å². The summed E-state index contributed by atoms with van der Waals surface area (Å²) in [5.74, 6) is 0.521. The van der Waals surface area contributed by atoms with Crippen molar-refractivity contribution in [3.8, 4) is 5.75 Å².